The highest BCUT2D eigenvalue weighted by atomic mass is 32.2. The first-order chi connectivity index (χ1) is 12.1. The molecule has 0 aliphatic rings. The summed E-state index contributed by atoms with van der Waals surface area (Å²) >= 11 is 0. The number of hydrogen-bond acceptors (Lipinski definition) is 4. The summed E-state index contributed by atoms with van der Waals surface area (Å²) in [7, 11) is -3.80. The summed E-state index contributed by atoms with van der Waals surface area (Å²) in [5.74, 6) is 0.489. The molecule has 0 unspecified atom stereocenters. The van der Waals surface area contributed by atoms with Crippen LogP contribution < -0.4 is 4.31 Å². The molecule has 0 bridgehead atoms. The number of benzene rings is 2. The Labute approximate surface area is 146 Å². The Morgan fingerprint density at radius 1 is 0.960 bits per heavy atom. The molecule has 0 aliphatic heterocycles. The molecule has 0 fully saturated rings. The van der Waals surface area contributed by atoms with E-state index in [2.05, 4.69) is 0 Å². The van der Waals surface area contributed by atoms with E-state index in [-0.39, 0.29) is 10.7 Å². The van der Waals surface area contributed by atoms with Gasteiger partial charge >= 0.3 is 0 Å². The van der Waals surface area contributed by atoms with E-state index < -0.39 is 10.0 Å². The van der Waals surface area contributed by atoms with Crippen LogP contribution >= 0.6 is 0 Å². The molecule has 0 atom stereocenters. The van der Waals surface area contributed by atoms with Crippen LogP contribution in [0.4, 0.5) is 5.69 Å². The number of nitrogens with zero attached hydrogens (tertiary/aromatic N) is 1. The number of rotatable bonds is 6. The molecule has 2 aromatic carbocycles. The summed E-state index contributed by atoms with van der Waals surface area (Å²) in [4.78, 5) is 11.0. The SMILES string of the molecule is CCN(c1ccccc1)S(=O)(=O)c1ccccc1-c1ccc(C=O)o1. The van der Waals surface area contributed by atoms with Gasteiger partial charge in [-0.05, 0) is 43.3 Å². The van der Waals surface area contributed by atoms with E-state index in [1.165, 1.54) is 10.4 Å². The highest BCUT2D eigenvalue weighted by Gasteiger charge is 2.27. The number of para-hydroxylation sites is 1. The van der Waals surface area contributed by atoms with E-state index in [1.54, 1.807) is 61.5 Å². The van der Waals surface area contributed by atoms with Crippen LogP contribution in [0.5, 0.6) is 0 Å². The summed E-state index contributed by atoms with van der Waals surface area (Å²) in [6.07, 6.45) is 0.586. The van der Waals surface area contributed by atoms with Crippen LogP contribution in [0.3, 0.4) is 0 Å². The van der Waals surface area contributed by atoms with E-state index in [1.807, 2.05) is 6.07 Å². The van der Waals surface area contributed by atoms with Crippen LogP contribution in [0.15, 0.2) is 76.0 Å². The molecule has 5 nitrogen and oxygen atoms in total. The maximum atomic E-state index is 13.2. The molecule has 0 N–H and O–H groups in total. The number of sulfonamides is 1. The monoisotopic (exact) mass is 355 g/mol. The van der Waals surface area contributed by atoms with Crippen molar-refractivity contribution in [3.63, 3.8) is 0 Å². The van der Waals surface area contributed by atoms with Gasteiger partial charge in [-0.3, -0.25) is 9.10 Å². The van der Waals surface area contributed by atoms with Gasteiger partial charge in [-0.15, -0.1) is 0 Å². The first-order valence-electron chi connectivity index (χ1n) is 7.80. The first-order valence-corrected chi connectivity index (χ1v) is 9.24. The molecule has 0 saturated heterocycles. The predicted octanol–water partition coefficient (Wildman–Crippen LogP) is 3.97. The number of aldehydes is 1. The van der Waals surface area contributed by atoms with Crippen LogP contribution in [0.25, 0.3) is 11.3 Å². The first kappa shape index (κ1) is 17.0. The number of furan rings is 1. The average molecular weight is 355 g/mol. The maximum Gasteiger partial charge on any atom is 0.265 e. The van der Waals surface area contributed by atoms with Crippen LogP contribution in [-0.2, 0) is 10.0 Å². The van der Waals surface area contributed by atoms with Crippen molar-refractivity contribution in [2.75, 3.05) is 10.8 Å². The number of carbonyl (C=O) groups excluding carboxylic acids is 1. The summed E-state index contributed by atoms with van der Waals surface area (Å²) < 4.78 is 33.3. The summed E-state index contributed by atoms with van der Waals surface area (Å²) in [6.45, 7) is 2.07. The van der Waals surface area contributed by atoms with Gasteiger partial charge < -0.3 is 4.42 Å². The minimum Gasteiger partial charge on any atom is -0.453 e. The van der Waals surface area contributed by atoms with Gasteiger partial charge in [0.25, 0.3) is 10.0 Å². The minimum absolute atomic E-state index is 0.132. The third-order valence-electron chi connectivity index (χ3n) is 3.79. The van der Waals surface area contributed by atoms with Gasteiger partial charge in [0.1, 0.15) is 5.76 Å². The van der Waals surface area contributed by atoms with Crippen molar-refractivity contribution in [2.45, 2.75) is 11.8 Å². The van der Waals surface area contributed by atoms with Crippen LogP contribution in [0, 0.1) is 0 Å². The number of hydrogen-bond donors (Lipinski definition) is 0. The Kier molecular flexibility index (Phi) is 4.72. The molecule has 0 saturated carbocycles. The molecule has 3 aromatic rings. The summed E-state index contributed by atoms with van der Waals surface area (Å²) in [6, 6.07) is 18.6. The van der Waals surface area contributed by atoms with Crippen LogP contribution in [-0.4, -0.2) is 21.2 Å². The van der Waals surface area contributed by atoms with Gasteiger partial charge in [0.05, 0.1) is 10.6 Å². The highest BCUT2D eigenvalue weighted by molar-refractivity contribution is 7.93. The van der Waals surface area contributed by atoms with Gasteiger partial charge in [0.2, 0.25) is 0 Å². The summed E-state index contributed by atoms with van der Waals surface area (Å²) in [5, 5.41) is 0. The number of carbonyl (C=O) groups is 1. The van der Waals surface area contributed by atoms with Crippen molar-refractivity contribution < 1.29 is 17.6 Å². The van der Waals surface area contributed by atoms with E-state index >= 15 is 0 Å². The maximum absolute atomic E-state index is 13.2. The fraction of sp³-hybridized carbons (Fsp3) is 0.105. The lowest BCUT2D eigenvalue weighted by atomic mass is 10.2. The lowest BCUT2D eigenvalue weighted by Crippen LogP contribution is -2.31. The second-order valence-electron chi connectivity index (χ2n) is 5.32. The topological polar surface area (TPSA) is 67.6 Å². The molecule has 3 rings (SSSR count). The third kappa shape index (κ3) is 3.21. The summed E-state index contributed by atoms with van der Waals surface area (Å²) in [5.41, 5.74) is 1.01. The molecule has 0 spiro atoms. The van der Waals surface area contributed by atoms with Gasteiger partial charge in [0.15, 0.2) is 12.0 Å². The zero-order valence-corrected chi connectivity index (χ0v) is 14.4. The predicted molar refractivity (Wildman–Crippen MR) is 96.2 cm³/mol. The fourth-order valence-corrected chi connectivity index (χ4v) is 4.33. The third-order valence-corrected chi connectivity index (χ3v) is 5.76. The minimum atomic E-state index is -3.80. The molecule has 25 heavy (non-hydrogen) atoms. The van der Waals surface area contributed by atoms with Crippen LogP contribution in [0.1, 0.15) is 17.5 Å². The normalized spacial score (nSPS) is 11.2. The quantitative estimate of drug-likeness (QED) is 0.627. The largest absolute Gasteiger partial charge is 0.453 e. The van der Waals surface area contributed by atoms with Gasteiger partial charge in [0, 0.05) is 12.1 Å². The van der Waals surface area contributed by atoms with Crippen LogP contribution in [0.2, 0.25) is 0 Å². The lowest BCUT2D eigenvalue weighted by Gasteiger charge is -2.24. The average Bonchev–Trinajstić information content (AvgIpc) is 3.12. The number of anilines is 1. The van der Waals surface area contributed by atoms with Gasteiger partial charge in [-0.1, -0.05) is 30.3 Å². The molecule has 6 heteroatoms. The molecule has 128 valence electrons. The molecular formula is C19H17NO4S. The molecule has 0 radical (unpaired) electrons. The van der Waals surface area contributed by atoms with Gasteiger partial charge in [-0.2, -0.15) is 0 Å². The fourth-order valence-electron chi connectivity index (χ4n) is 2.66. The standard InChI is InChI=1S/C19H17NO4S/c1-2-20(15-8-4-3-5-9-15)25(22,23)19-11-7-6-10-17(19)18-13-12-16(14-21)24-18/h3-14H,2H2,1H3. The Balaban J connectivity index is 2.13. The Hall–Kier alpha value is -2.86. The molecule has 0 aliphatic carbocycles. The van der Waals surface area contributed by atoms with E-state index in [0.717, 1.165) is 0 Å². The van der Waals surface area contributed by atoms with E-state index in [9.17, 15) is 13.2 Å². The Morgan fingerprint density at radius 3 is 2.28 bits per heavy atom. The van der Waals surface area contributed by atoms with Crippen molar-refractivity contribution in [3.05, 3.63) is 72.5 Å². The zero-order chi connectivity index (χ0) is 17.9. The lowest BCUT2D eigenvalue weighted by molar-refractivity contribution is 0.110. The smallest absolute Gasteiger partial charge is 0.265 e. The van der Waals surface area contributed by atoms with Crippen molar-refractivity contribution in [1.29, 1.82) is 0 Å². The van der Waals surface area contributed by atoms with Gasteiger partial charge in [-0.25, -0.2) is 8.42 Å². The second kappa shape index (κ2) is 6.94. The zero-order valence-electron chi connectivity index (χ0n) is 13.6. The molecule has 1 heterocycles. The van der Waals surface area contributed by atoms with E-state index in [0.29, 0.717) is 29.8 Å². The van der Waals surface area contributed by atoms with Crippen molar-refractivity contribution in [2.24, 2.45) is 0 Å². The molecule has 0 amide bonds. The highest BCUT2D eigenvalue weighted by Crippen LogP contribution is 2.32. The molecule has 1 aromatic heterocycles. The molecular weight excluding hydrogens is 338 g/mol. The van der Waals surface area contributed by atoms with Crippen molar-refractivity contribution >= 4 is 22.0 Å². The van der Waals surface area contributed by atoms with Crippen molar-refractivity contribution in [1.82, 2.24) is 0 Å². The Bertz CT molecular complexity index is 977. The van der Waals surface area contributed by atoms with Crippen molar-refractivity contribution in [3.8, 4) is 11.3 Å². The second-order valence-corrected chi connectivity index (χ2v) is 7.15. The van der Waals surface area contributed by atoms with E-state index in [4.69, 9.17) is 4.42 Å². The Morgan fingerprint density at radius 2 is 1.64 bits per heavy atom.